The van der Waals surface area contributed by atoms with Gasteiger partial charge in [-0.15, -0.1) is 0 Å². The number of anilines is 1. The normalized spacial score (nSPS) is 21.0. The first-order valence-corrected chi connectivity index (χ1v) is 5.95. The van der Waals surface area contributed by atoms with Gasteiger partial charge in [-0.25, -0.2) is 0 Å². The van der Waals surface area contributed by atoms with Crippen LogP contribution in [0.5, 0.6) is 0 Å². The molecule has 1 heterocycles. The zero-order chi connectivity index (χ0) is 13.5. The Hall–Kier alpha value is -1.23. The Morgan fingerprint density at radius 1 is 1.39 bits per heavy atom. The average molecular weight is 258 g/mol. The molecule has 1 aromatic rings. The summed E-state index contributed by atoms with van der Waals surface area (Å²) in [5.74, 6) is 0. The summed E-state index contributed by atoms with van der Waals surface area (Å²) in [6.07, 6.45) is -3.84. The summed E-state index contributed by atoms with van der Waals surface area (Å²) in [4.78, 5) is 1.94. The summed E-state index contributed by atoms with van der Waals surface area (Å²) in [7, 11) is 3.68. The van der Waals surface area contributed by atoms with E-state index in [1.165, 1.54) is 12.1 Å². The molecule has 0 saturated heterocycles. The van der Waals surface area contributed by atoms with Crippen LogP contribution in [0.3, 0.4) is 0 Å². The minimum absolute atomic E-state index is 0.0634. The van der Waals surface area contributed by atoms with Crippen LogP contribution < -0.4 is 10.2 Å². The van der Waals surface area contributed by atoms with Crippen molar-refractivity contribution in [2.45, 2.75) is 31.6 Å². The third-order valence-corrected chi connectivity index (χ3v) is 3.78. The van der Waals surface area contributed by atoms with Crippen molar-refractivity contribution in [2.24, 2.45) is 0 Å². The van der Waals surface area contributed by atoms with E-state index in [0.717, 1.165) is 0 Å². The van der Waals surface area contributed by atoms with Gasteiger partial charge in [-0.3, -0.25) is 0 Å². The number of benzene rings is 1. The number of nitrogens with zero attached hydrogens (tertiary/aromatic N) is 1. The zero-order valence-electron chi connectivity index (χ0n) is 10.7. The molecule has 18 heavy (non-hydrogen) atoms. The molecule has 2 unspecified atom stereocenters. The maximum atomic E-state index is 12.9. The first-order chi connectivity index (χ1) is 8.36. The number of hydrogen-bond acceptors (Lipinski definition) is 2. The van der Waals surface area contributed by atoms with Gasteiger partial charge < -0.3 is 10.2 Å². The lowest BCUT2D eigenvalue weighted by Crippen LogP contribution is -2.44. The van der Waals surface area contributed by atoms with E-state index in [1.54, 1.807) is 6.07 Å². The van der Waals surface area contributed by atoms with Crippen molar-refractivity contribution in [3.05, 3.63) is 29.3 Å². The van der Waals surface area contributed by atoms with Gasteiger partial charge in [-0.1, -0.05) is 6.07 Å². The molecule has 5 heteroatoms. The predicted molar refractivity (Wildman–Crippen MR) is 65.9 cm³/mol. The highest BCUT2D eigenvalue weighted by Crippen LogP contribution is 2.41. The second kappa shape index (κ2) is 4.46. The lowest BCUT2D eigenvalue weighted by atomic mass is 10.00. The smallest absolute Gasteiger partial charge is 0.369 e. The van der Waals surface area contributed by atoms with E-state index in [4.69, 9.17) is 0 Å². The summed E-state index contributed by atoms with van der Waals surface area (Å²) in [5.41, 5.74) is 0.606. The summed E-state index contributed by atoms with van der Waals surface area (Å²) in [5, 5.41) is 3.11. The predicted octanol–water partition coefficient (Wildman–Crippen LogP) is 2.67. The fourth-order valence-electron chi connectivity index (χ4n) is 2.61. The molecule has 2 nitrogen and oxygen atoms in total. The maximum absolute atomic E-state index is 12.9. The molecule has 0 bridgehead atoms. The van der Waals surface area contributed by atoms with E-state index >= 15 is 0 Å². The Morgan fingerprint density at radius 2 is 2.06 bits per heavy atom. The molecule has 100 valence electrons. The van der Waals surface area contributed by atoms with Crippen molar-refractivity contribution in [3.8, 4) is 0 Å². The fourth-order valence-corrected chi connectivity index (χ4v) is 2.61. The van der Waals surface area contributed by atoms with Crippen LogP contribution in [-0.4, -0.2) is 26.2 Å². The third kappa shape index (κ3) is 2.07. The molecular formula is C13H17F3N2. The minimum atomic E-state index is -4.27. The molecule has 0 spiro atoms. The third-order valence-electron chi connectivity index (χ3n) is 3.78. The van der Waals surface area contributed by atoms with Crippen LogP contribution in [0.25, 0.3) is 0 Å². The standard InChI is InChI=1S/C13H17F3N2/c1-8(17-2)12-7-9-10(13(14,15)16)5-4-6-11(9)18(12)3/h4-6,8,12,17H,7H2,1-3H3. The molecule has 0 saturated carbocycles. The second-order valence-corrected chi connectivity index (χ2v) is 4.76. The van der Waals surface area contributed by atoms with Crippen LogP contribution in [0.2, 0.25) is 0 Å². The van der Waals surface area contributed by atoms with Gasteiger partial charge >= 0.3 is 6.18 Å². The van der Waals surface area contributed by atoms with Gasteiger partial charge in [0.25, 0.3) is 0 Å². The average Bonchev–Trinajstić information content (AvgIpc) is 2.65. The van der Waals surface area contributed by atoms with Gasteiger partial charge in [0, 0.05) is 24.8 Å². The lowest BCUT2D eigenvalue weighted by Gasteiger charge is -2.27. The number of nitrogens with one attached hydrogen (secondary N) is 1. The maximum Gasteiger partial charge on any atom is 0.416 e. The van der Waals surface area contributed by atoms with Crippen molar-refractivity contribution >= 4 is 5.69 Å². The van der Waals surface area contributed by atoms with Gasteiger partial charge in [-0.05, 0) is 38.1 Å². The van der Waals surface area contributed by atoms with Crippen molar-refractivity contribution < 1.29 is 13.2 Å². The molecule has 1 aromatic carbocycles. The molecule has 1 aliphatic rings. The molecule has 0 aliphatic carbocycles. The molecule has 1 aliphatic heterocycles. The van der Waals surface area contributed by atoms with E-state index in [1.807, 2.05) is 25.9 Å². The highest BCUT2D eigenvalue weighted by atomic mass is 19.4. The number of alkyl halides is 3. The molecule has 0 radical (unpaired) electrons. The summed E-state index contributed by atoms with van der Waals surface area (Å²) in [6, 6.07) is 4.60. The second-order valence-electron chi connectivity index (χ2n) is 4.76. The number of likely N-dealkylation sites (N-methyl/N-ethyl adjacent to an activating group) is 2. The van der Waals surface area contributed by atoms with Gasteiger partial charge in [0.05, 0.1) is 5.56 Å². The molecule has 2 atom stereocenters. The van der Waals surface area contributed by atoms with Gasteiger partial charge in [0.1, 0.15) is 0 Å². The highest BCUT2D eigenvalue weighted by Gasteiger charge is 2.39. The molecule has 1 N–H and O–H groups in total. The van der Waals surface area contributed by atoms with Crippen LogP contribution in [0, 0.1) is 0 Å². The largest absolute Gasteiger partial charge is 0.416 e. The van der Waals surface area contributed by atoms with Gasteiger partial charge in [-0.2, -0.15) is 13.2 Å². The number of hydrogen-bond donors (Lipinski definition) is 1. The van der Waals surface area contributed by atoms with Gasteiger partial charge in [0.15, 0.2) is 0 Å². The fraction of sp³-hybridized carbons (Fsp3) is 0.538. The summed E-state index contributed by atoms with van der Waals surface area (Å²) >= 11 is 0. The molecule has 0 fully saturated rings. The van der Waals surface area contributed by atoms with Crippen LogP contribution in [0.15, 0.2) is 18.2 Å². The van der Waals surface area contributed by atoms with Crippen LogP contribution in [0.4, 0.5) is 18.9 Å². The van der Waals surface area contributed by atoms with Crippen LogP contribution in [0.1, 0.15) is 18.1 Å². The Bertz CT molecular complexity index is 442. The van der Waals surface area contributed by atoms with E-state index in [2.05, 4.69) is 5.32 Å². The molecule has 0 amide bonds. The van der Waals surface area contributed by atoms with Crippen LogP contribution >= 0.6 is 0 Å². The summed E-state index contributed by atoms with van der Waals surface area (Å²) < 4.78 is 38.8. The quantitative estimate of drug-likeness (QED) is 0.877. The number of halogens is 3. The monoisotopic (exact) mass is 258 g/mol. The molecule has 2 rings (SSSR count). The zero-order valence-corrected chi connectivity index (χ0v) is 10.7. The summed E-state index contributed by atoms with van der Waals surface area (Å²) in [6.45, 7) is 1.99. The van der Waals surface area contributed by atoms with Crippen molar-refractivity contribution in [1.82, 2.24) is 5.32 Å². The van der Waals surface area contributed by atoms with Crippen molar-refractivity contribution in [2.75, 3.05) is 19.0 Å². The highest BCUT2D eigenvalue weighted by molar-refractivity contribution is 5.62. The topological polar surface area (TPSA) is 15.3 Å². The van der Waals surface area contributed by atoms with E-state index < -0.39 is 11.7 Å². The van der Waals surface area contributed by atoms with Crippen LogP contribution in [-0.2, 0) is 12.6 Å². The SMILES string of the molecule is CNC(C)C1Cc2c(cccc2C(F)(F)F)N1C. The van der Waals surface area contributed by atoms with Crippen molar-refractivity contribution in [1.29, 1.82) is 0 Å². The van der Waals surface area contributed by atoms with E-state index in [9.17, 15) is 13.2 Å². The van der Waals surface area contributed by atoms with Crippen molar-refractivity contribution in [3.63, 3.8) is 0 Å². The molecule has 0 aromatic heterocycles. The first kappa shape index (κ1) is 13.2. The molecular weight excluding hydrogens is 241 g/mol. The lowest BCUT2D eigenvalue weighted by molar-refractivity contribution is -0.138. The Kier molecular flexibility index (Phi) is 3.27. The van der Waals surface area contributed by atoms with E-state index in [0.29, 0.717) is 17.7 Å². The van der Waals surface area contributed by atoms with E-state index in [-0.39, 0.29) is 12.1 Å². The Labute approximate surface area is 105 Å². The Morgan fingerprint density at radius 3 is 2.61 bits per heavy atom. The first-order valence-electron chi connectivity index (χ1n) is 5.95. The number of fused-ring (bicyclic) bond motifs is 1. The van der Waals surface area contributed by atoms with Gasteiger partial charge in [0.2, 0.25) is 0 Å². The Balaban J connectivity index is 2.42. The minimum Gasteiger partial charge on any atom is -0.369 e. The number of rotatable bonds is 2.